The summed E-state index contributed by atoms with van der Waals surface area (Å²) in [4.78, 5) is 4.95. The molecule has 0 radical (unpaired) electrons. The Balaban J connectivity index is 0.00000694. The van der Waals surface area contributed by atoms with Gasteiger partial charge < -0.3 is 18.3 Å². The third-order valence-electron chi connectivity index (χ3n) is 18.0. The van der Waals surface area contributed by atoms with Crippen LogP contribution in [0.4, 0.5) is 0 Å². The second-order valence-electron chi connectivity index (χ2n) is 28.1. The van der Waals surface area contributed by atoms with Crippen molar-refractivity contribution in [2.45, 2.75) is 105 Å². The maximum absolute atomic E-state index is 6.97. The van der Waals surface area contributed by atoms with Gasteiger partial charge in [-0.3, -0.25) is 4.57 Å². The minimum atomic E-state index is -0.209. The average molecular weight is 1340 g/mol. The number of fused-ring (bicyclic) bond motifs is 13. The summed E-state index contributed by atoms with van der Waals surface area (Å²) < 4.78 is 20.2. The summed E-state index contributed by atoms with van der Waals surface area (Å²) in [7, 11) is 0. The van der Waals surface area contributed by atoms with E-state index >= 15 is 0 Å². The van der Waals surface area contributed by atoms with Gasteiger partial charge in [0.15, 0.2) is 0 Å². The number of ether oxygens (including phenoxy) is 1. The molecule has 15 rings (SSSR count). The van der Waals surface area contributed by atoms with E-state index in [0.29, 0.717) is 11.5 Å². The molecule has 0 N–H and O–H groups in total. The number of para-hydroxylation sites is 2. The van der Waals surface area contributed by atoms with Gasteiger partial charge in [0, 0.05) is 55.1 Å². The number of aromatic nitrogens is 4. The van der Waals surface area contributed by atoms with Crippen LogP contribution in [0.1, 0.15) is 105 Å². The van der Waals surface area contributed by atoms with Gasteiger partial charge in [-0.15, -0.1) is 29.7 Å². The van der Waals surface area contributed by atoms with E-state index < -0.39 is 0 Å². The molecule has 0 aliphatic carbocycles. The number of benzene rings is 10. The summed E-state index contributed by atoms with van der Waals surface area (Å²) in [6.07, 6.45) is 6.03. The van der Waals surface area contributed by atoms with Gasteiger partial charge in [-0.1, -0.05) is 216 Å². The molecule has 0 bridgehead atoms. The second kappa shape index (κ2) is 21.0. The number of imidazole rings is 1. The zero-order chi connectivity index (χ0) is 60.8. The van der Waals surface area contributed by atoms with Crippen molar-refractivity contribution in [3.8, 4) is 84.3 Å². The Morgan fingerprint density at radius 3 is 1.70 bits per heavy atom. The summed E-state index contributed by atoms with van der Waals surface area (Å²) >= 11 is 0. The van der Waals surface area contributed by atoms with Gasteiger partial charge in [0.1, 0.15) is 17.0 Å². The zero-order valence-corrected chi connectivity index (χ0v) is 54.8. The van der Waals surface area contributed by atoms with Gasteiger partial charge in [0.2, 0.25) is 0 Å². The van der Waals surface area contributed by atoms with Crippen LogP contribution in [0.25, 0.3) is 128 Å². The van der Waals surface area contributed by atoms with E-state index in [2.05, 4.69) is 297 Å². The molecule has 89 heavy (non-hydrogen) atoms. The predicted octanol–water partition coefficient (Wildman–Crippen LogP) is 21.3. The van der Waals surface area contributed by atoms with Crippen LogP contribution in [0, 0.1) is 18.5 Å². The molecule has 0 saturated heterocycles. The van der Waals surface area contributed by atoms with E-state index in [9.17, 15) is 0 Å². The van der Waals surface area contributed by atoms with Crippen molar-refractivity contribution in [3.05, 3.63) is 247 Å². The summed E-state index contributed by atoms with van der Waals surface area (Å²) in [5, 5.41) is 4.35. The summed E-state index contributed by atoms with van der Waals surface area (Å²) in [6.45, 7) is 27.5. The van der Waals surface area contributed by atoms with Gasteiger partial charge in [-0.2, -0.15) is 18.2 Å². The molecule has 0 unspecified atom stereocenters. The van der Waals surface area contributed by atoms with Crippen molar-refractivity contribution in [2.75, 3.05) is 0 Å². The molecular weight excluding hydrogens is 1270 g/mol. The van der Waals surface area contributed by atoms with Crippen molar-refractivity contribution in [1.29, 1.82) is 0 Å². The smallest absolute Gasteiger partial charge is 0.268 e. The molecule has 7 heteroatoms. The van der Waals surface area contributed by atoms with Crippen LogP contribution in [0.15, 0.2) is 211 Å². The molecule has 6 nitrogen and oxygen atoms in total. The van der Waals surface area contributed by atoms with Crippen molar-refractivity contribution in [1.82, 2.24) is 14.1 Å². The summed E-state index contributed by atoms with van der Waals surface area (Å²) in [6, 6.07) is 80.5. The van der Waals surface area contributed by atoms with Crippen LogP contribution >= 0.6 is 0 Å². The summed E-state index contributed by atoms with van der Waals surface area (Å²) in [5.74, 6) is 1.95. The third kappa shape index (κ3) is 9.92. The van der Waals surface area contributed by atoms with E-state index in [-0.39, 0.29) is 42.7 Å². The van der Waals surface area contributed by atoms with Gasteiger partial charge in [-0.05, 0) is 153 Å². The molecule has 0 spiro atoms. The van der Waals surface area contributed by atoms with E-state index in [1.165, 1.54) is 22.3 Å². The standard InChI is InChI=1S/C82H70N4O2.Pt/c1-79(2,3)53-36-37-83-76(46-53)86-71-30-19-17-28-64(71)65-34-33-59(48-72(65)86)87-58-23-21-22-57(47-58)84-49-85-77-67(50-32-35-75-68(40-50)66-29-18-20-31-74(66)88-75)44-56(82(10,11)12)45-70(77)63-27-16-14-25-61(63)60-24-13-15-26-62(60)69-41-52(42-73(84)78(69)85)51-38-54(80(4,5)6)43-55(39-51)81(7,8)9;/h13-46H,1-12H3;/q-2;. The van der Waals surface area contributed by atoms with Crippen molar-refractivity contribution < 1.29 is 34.8 Å². The maximum Gasteiger partial charge on any atom is 0.268 e. The minimum Gasteiger partial charge on any atom is -0.510 e. The fourth-order valence-electron chi connectivity index (χ4n) is 13.1. The molecule has 0 saturated carbocycles. The van der Waals surface area contributed by atoms with Crippen molar-refractivity contribution in [3.63, 3.8) is 0 Å². The Bertz CT molecular complexity index is 5150. The first-order valence-electron chi connectivity index (χ1n) is 30.8. The van der Waals surface area contributed by atoms with Crippen molar-refractivity contribution >= 4 is 54.8 Å². The number of furan rings is 1. The van der Waals surface area contributed by atoms with Gasteiger partial charge in [0.05, 0.1) is 16.7 Å². The van der Waals surface area contributed by atoms with Crippen LogP contribution in [0.5, 0.6) is 11.5 Å². The molecule has 0 amide bonds. The molecule has 0 atom stereocenters. The second-order valence-corrected chi connectivity index (χ2v) is 28.1. The van der Waals surface area contributed by atoms with Gasteiger partial charge >= 0.3 is 0 Å². The van der Waals surface area contributed by atoms with E-state index in [1.54, 1.807) is 0 Å². The monoisotopic (exact) mass is 1340 g/mol. The van der Waals surface area contributed by atoms with E-state index in [0.717, 1.165) is 128 Å². The number of pyridine rings is 1. The first-order chi connectivity index (χ1) is 42.1. The van der Waals surface area contributed by atoms with Crippen molar-refractivity contribution in [2.24, 2.45) is 0 Å². The average Bonchev–Trinajstić information content (AvgIpc) is 1.61. The third-order valence-corrected chi connectivity index (χ3v) is 18.0. The Morgan fingerprint density at radius 2 is 1.00 bits per heavy atom. The van der Waals surface area contributed by atoms with Crippen LogP contribution in [0.2, 0.25) is 0 Å². The van der Waals surface area contributed by atoms with Gasteiger partial charge in [0.25, 0.3) is 6.33 Å². The number of hydrogen-bond donors (Lipinski definition) is 0. The Kier molecular flexibility index (Phi) is 13.6. The predicted molar refractivity (Wildman–Crippen MR) is 363 cm³/mol. The molecule has 4 aromatic heterocycles. The Hall–Kier alpha value is -9.09. The molecule has 1 aliphatic heterocycles. The molecule has 442 valence electrons. The van der Waals surface area contributed by atoms with Crippen LogP contribution < -0.4 is 9.30 Å². The van der Waals surface area contributed by atoms with Crippen LogP contribution in [0.3, 0.4) is 0 Å². The van der Waals surface area contributed by atoms with Crippen LogP contribution in [-0.4, -0.2) is 14.1 Å². The molecule has 14 aromatic rings. The first-order valence-corrected chi connectivity index (χ1v) is 30.8. The quantitative estimate of drug-likeness (QED) is 0.123. The minimum absolute atomic E-state index is 0. The topological polar surface area (TPSA) is 49.0 Å². The number of nitrogens with zero attached hydrogens (tertiary/aromatic N) is 4. The Morgan fingerprint density at radius 1 is 0.416 bits per heavy atom. The van der Waals surface area contributed by atoms with E-state index in [4.69, 9.17) is 14.1 Å². The SMILES string of the molecule is CC(C)(C)c1cc(-c2cc3c4c(c2)n(-c2[c-]c(Oc5[c-]c6c(cc5)c5ccccc5n6-c5cc(C(C)(C)C)ccn5)ccc2)[c-][n+]4-c2c(-c4ccc5oc6ccccc6c5c4)cc(C(C)(C)C)cc2-c2ccccc2-c2ccccc2-3)cc(C(C)(C)C)c1.[Pt]. The van der Waals surface area contributed by atoms with E-state index in [1.807, 2.05) is 24.4 Å². The first kappa shape index (κ1) is 57.6. The largest absolute Gasteiger partial charge is 0.510 e. The molecule has 10 aromatic carbocycles. The molecule has 5 heterocycles. The maximum atomic E-state index is 6.97. The number of rotatable bonds is 6. The molecule has 1 aliphatic rings. The summed E-state index contributed by atoms with van der Waals surface area (Å²) in [5.41, 5.74) is 23.2. The number of hydrogen-bond acceptors (Lipinski definition) is 3. The normalized spacial score (nSPS) is 12.6. The van der Waals surface area contributed by atoms with Crippen LogP contribution in [-0.2, 0) is 42.7 Å². The molecule has 0 fully saturated rings. The fraction of sp³-hybridized carbons (Fsp3) is 0.195. The van der Waals surface area contributed by atoms with Gasteiger partial charge in [-0.25, -0.2) is 4.98 Å². The fourth-order valence-corrected chi connectivity index (χ4v) is 13.1. The zero-order valence-electron chi connectivity index (χ0n) is 52.6. The Labute approximate surface area is 536 Å². The molecular formula is C82H70N4O2Pt-2.